The van der Waals surface area contributed by atoms with Crippen molar-refractivity contribution in [3.63, 3.8) is 0 Å². The molecule has 0 radical (unpaired) electrons. The monoisotopic (exact) mass is 346 g/mol. The van der Waals surface area contributed by atoms with Gasteiger partial charge in [0.15, 0.2) is 0 Å². The van der Waals surface area contributed by atoms with Crippen molar-refractivity contribution in [2.75, 3.05) is 6.54 Å². The van der Waals surface area contributed by atoms with E-state index in [9.17, 15) is 4.79 Å². The minimum atomic E-state index is 0.313. The van der Waals surface area contributed by atoms with Crippen LogP contribution in [0, 0.1) is 0 Å². The molecule has 1 aliphatic rings. The molecule has 0 bridgehead atoms. The maximum absolute atomic E-state index is 12.7. The Hall–Kier alpha value is -2.55. The molecule has 1 atom stereocenters. The number of aromatic nitrogens is 1. The molecular weight excluding hydrogens is 320 g/mol. The smallest absolute Gasteiger partial charge is 0.223 e. The Balaban J connectivity index is 1.33. The van der Waals surface area contributed by atoms with Gasteiger partial charge >= 0.3 is 0 Å². The van der Waals surface area contributed by atoms with Gasteiger partial charge in [-0.3, -0.25) is 4.79 Å². The summed E-state index contributed by atoms with van der Waals surface area (Å²) >= 11 is 0. The van der Waals surface area contributed by atoms with Gasteiger partial charge in [-0.2, -0.15) is 0 Å². The summed E-state index contributed by atoms with van der Waals surface area (Å²) in [5, 5.41) is 1.27. The third-order valence-electron chi connectivity index (χ3n) is 5.50. The van der Waals surface area contributed by atoms with Crippen LogP contribution in [-0.4, -0.2) is 28.4 Å². The molecule has 1 saturated heterocycles. The fourth-order valence-corrected chi connectivity index (χ4v) is 4.09. The van der Waals surface area contributed by atoms with Crippen molar-refractivity contribution < 1.29 is 4.79 Å². The highest BCUT2D eigenvalue weighted by atomic mass is 16.2. The van der Waals surface area contributed by atoms with Gasteiger partial charge in [-0.15, -0.1) is 0 Å². The molecule has 3 aromatic rings. The summed E-state index contributed by atoms with van der Waals surface area (Å²) in [6, 6.07) is 21.3. The molecular formula is C23H26N2O. The number of amides is 1. The summed E-state index contributed by atoms with van der Waals surface area (Å²) in [7, 11) is 0. The molecule has 0 spiro atoms. The second-order valence-electron chi connectivity index (χ2n) is 7.29. The van der Waals surface area contributed by atoms with Crippen LogP contribution in [0.3, 0.4) is 0 Å². The minimum absolute atomic E-state index is 0.313. The van der Waals surface area contributed by atoms with Crippen LogP contribution in [0.1, 0.15) is 36.9 Å². The molecule has 1 amide bonds. The van der Waals surface area contributed by atoms with Crippen molar-refractivity contribution in [2.45, 2.75) is 44.6 Å². The van der Waals surface area contributed by atoms with Crippen molar-refractivity contribution >= 4 is 16.8 Å². The number of carbonyl (C=O) groups is 1. The van der Waals surface area contributed by atoms with Crippen LogP contribution in [0.25, 0.3) is 10.9 Å². The third kappa shape index (κ3) is 3.82. The second-order valence-corrected chi connectivity index (χ2v) is 7.29. The lowest BCUT2D eigenvalue weighted by molar-refractivity contribution is -0.132. The Labute approximate surface area is 155 Å². The van der Waals surface area contributed by atoms with Crippen LogP contribution in [0.15, 0.2) is 60.7 Å². The SMILES string of the molecule is O=C(CCc1ccccc1)N1CCC[C@H]1CCc1cc2ccccc2[nH]1. The predicted molar refractivity (Wildman–Crippen MR) is 106 cm³/mol. The highest BCUT2D eigenvalue weighted by Gasteiger charge is 2.28. The van der Waals surface area contributed by atoms with Gasteiger partial charge < -0.3 is 9.88 Å². The molecule has 2 aromatic carbocycles. The topological polar surface area (TPSA) is 36.1 Å². The Bertz CT molecular complexity index is 835. The third-order valence-corrected chi connectivity index (χ3v) is 5.50. The van der Waals surface area contributed by atoms with Crippen molar-refractivity contribution in [3.05, 3.63) is 71.9 Å². The van der Waals surface area contributed by atoms with E-state index < -0.39 is 0 Å². The molecule has 3 heteroatoms. The van der Waals surface area contributed by atoms with E-state index >= 15 is 0 Å². The zero-order valence-electron chi connectivity index (χ0n) is 15.2. The number of para-hydroxylation sites is 1. The zero-order chi connectivity index (χ0) is 17.8. The van der Waals surface area contributed by atoms with Crippen molar-refractivity contribution in [3.8, 4) is 0 Å². The first-order valence-electron chi connectivity index (χ1n) is 9.69. The van der Waals surface area contributed by atoms with Crippen LogP contribution in [0.5, 0.6) is 0 Å². The number of nitrogens with zero attached hydrogens (tertiary/aromatic N) is 1. The molecule has 0 unspecified atom stereocenters. The number of hydrogen-bond donors (Lipinski definition) is 1. The maximum atomic E-state index is 12.7. The van der Waals surface area contributed by atoms with E-state index in [-0.39, 0.29) is 0 Å². The maximum Gasteiger partial charge on any atom is 0.223 e. The lowest BCUT2D eigenvalue weighted by Gasteiger charge is -2.24. The van der Waals surface area contributed by atoms with Gasteiger partial charge in [0.05, 0.1) is 0 Å². The van der Waals surface area contributed by atoms with Crippen molar-refractivity contribution in [1.82, 2.24) is 9.88 Å². The first-order valence-corrected chi connectivity index (χ1v) is 9.69. The first kappa shape index (κ1) is 16.9. The van der Waals surface area contributed by atoms with Gasteiger partial charge in [-0.05, 0) is 55.2 Å². The lowest BCUT2D eigenvalue weighted by Crippen LogP contribution is -2.36. The van der Waals surface area contributed by atoms with Gasteiger partial charge in [0.1, 0.15) is 0 Å². The number of rotatable bonds is 6. The summed E-state index contributed by atoms with van der Waals surface area (Å²) in [5.41, 5.74) is 3.72. The lowest BCUT2D eigenvalue weighted by atomic mass is 10.1. The molecule has 3 nitrogen and oxygen atoms in total. The van der Waals surface area contributed by atoms with Crippen molar-refractivity contribution in [2.24, 2.45) is 0 Å². The fourth-order valence-electron chi connectivity index (χ4n) is 4.09. The van der Waals surface area contributed by atoms with Crippen LogP contribution in [0.4, 0.5) is 0 Å². The fraction of sp³-hybridized carbons (Fsp3) is 0.348. The summed E-state index contributed by atoms with van der Waals surface area (Å²) in [6.07, 6.45) is 5.77. The van der Waals surface area contributed by atoms with E-state index in [0.717, 1.165) is 38.6 Å². The molecule has 134 valence electrons. The summed E-state index contributed by atoms with van der Waals surface area (Å²) in [6.45, 7) is 0.922. The number of hydrogen-bond acceptors (Lipinski definition) is 1. The largest absolute Gasteiger partial charge is 0.358 e. The summed E-state index contributed by atoms with van der Waals surface area (Å²) < 4.78 is 0. The normalized spacial score (nSPS) is 17.1. The van der Waals surface area contributed by atoms with Crippen LogP contribution in [-0.2, 0) is 17.6 Å². The predicted octanol–water partition coefficient (Wildman–Crippen LogP) is 4.72. The van der Waals surface area contributed by atoms with E-state index in [4.69, 9.17) is 0 Å². The van der Waals surface area contributed by atoms with Gasteiger partial charge in [-0.1, -0.05) is 48.5 Å². The van der Waals surface area contributed by atoms with E-state index in [2.05, 4.69) is 52.3 Å². The quantitative estimate of drug-likeness (QED) is 0.688. The summed E-state index contributed by atoms with van der Waals surface area (Å²) in [5.74, 6) is 0.313. The highest BCUT2D eigenvalue weighted by Crippen LogP contribution is 2.24. The van der Waals surface area contributed by atoms with Crippen LogP contribution < -0.4 is 0 Å². The standard InChI is InChI=1S/C23H26N2O/c26-23(15-12-18-7-2-1-3-8-18)25-16-6-10-21(25)14-13-20-17-19-9-4-5-11-22(19)24-20/h1-5,7-9,11,17,21,24H,6,10,12-16H2/t21-/m0/s1. The Morgan fingerprint density at radius 3 is 2.69 bits per heavy atom. The van der Waals surface area contributed by atoms with Gasteiger partial charge in [-0.25, -0.2) is 0 Å². The van der Waals surface area contributed by atoms with Gasteiger partial charge in [0, 0.05) is 30.2 Å². The van der Waals surface area contributed by atoms with E-state index in [1.807, 2.05) is 18.2 Å². The molecule has 1 N–H and O–H groups in total. The highest BCUT2D eigenvalue weighted by molar-refractivity contribution is 5.80. The average molecular weight is 346 g/mol. The average Bonchev–Trinajstić information content (AvgIpc) is 3.31. The number of fused-ring (bicyclic) bond motifs is 1. The Morgan fingerprint density at radius 2 is 1.85 bits per heavy atom. The molecule has 2 heterocycles. The number of H-pyrrole nitrogens is 1. The number of benzene rings is 2. The van der Waals surface area contributed by atoms with E-state index in [0.29, 0.717) is 18.4 Å². The summed E-state index contributed by atoms with van der Waals surface area (Å²) in [4.78, 5) is 18.3. The van der Waals surface area contributed by atoms with E-state index in [1.165, 1.54) is 22.2 Å². The molecule has 1 aromatic heterocycles. The van der Waals surface area contributed by atoms with Gasteiger partial charge in [0.25, 0.3) is 0 Å². The first-order chi connectivity index (χ1) is 12.8. The molecule has 26 heavy (non-hydrogen) atoms. The number of likely N-dealkylation sites (tertiary alicyclic amines) is 1. The molecule has 0 aliphatic carbocycles. The van der Waals surface area contributed by atoms with Crippen LogP contribution in [0.2, 0.25) is 0 Å². The van der Waals surface area contributed by atoms with Crippen LogP contribution >= 0.6 is 0 Å². The van der Waals surface area contributed by atoms with Gasteiger partial charge in [0.2, 0.25) is 5.91 Å². The minimum Gasteiger partial charge on any atom is -0.358 e. The zero-order valence-corrected chi connectivity index (χ0v) is 15.2. The molecule has 0 saturated carbocycles. The second kappa shape index (κ2) is 7.77. The van der Waals surface area contributed by atoms with E-state index in [1.54, 1.807) is 0 Å². The number of carbonyl (C=O) groups excluding carboxylic acids is 1. The van der Waals surface area contributed by atoms with Crippen molar-refractivity contribution in [1.29, 1.82) is 0 Å². The number of aryl methyl sites for hydroxylation is 2. The Kier molecular flexibility index (Phi) is 5.05. The Morgan fingerprint density at radius 1 is 1.04 bits per heavy atom. The molecule has 4 rings (SSSR count). The number of nitrogens with one attached hydrogen (secondary N) is 1. The number of aromatic amines is 1. The molecule has 1 aliphatic heterocycles. The molecule has 1 fully saturated rings.